The van der Waals surface area contributed by atoms with E-state index in [0.29, 0.717) is 31.9 Å². The third-order valence-electron chi connectivity index (χ3n) is 4.23. The standard InChI is InChI=1S/C19H22FN3O/c1-14-11-15(2)13-16(12-14)21-19(24)23-9-7-22(8-10-23)18-6-4-3-5-17(18)20/h3-6,11-13H,7-10H2,1-2H3,(H,21,24). The quantitative estimate of drug-likeness (QED) is 0.911. The van der Waals surface area contributed by atoms with Gasteiger partial charge >= 0.3 is 6.03 Å². The van der Waals surface area contributed by atoms with Crippen LogP contribution in [0, 0.1) is 19.7 Å². The van der Waals surface area contributed by atoms with Crippen LogP contribution in [0.1, 0.15) is 11.1 Å². The number of anilines is 2. The minimum absolute atomic E-state index is 0.104. The van der Waals surface area contributed by atoms with Gasteiger partial charge in [-0.15, -0.1) is 0 Å². The second-order valence-corrected chi connectivity index (χ2v) is 6.23. The van der Waals surface area contributed by atoms with E-state index in [1.807, 2.05) is 36.9 Å². The molecule has 5 heteroatoms. The molecule has 0 bridgehead atoms. The Bertz CT molecular complexity index is 719. The molecule has 0 aliphatic carbocycles. The van der Waals surface area contributed by atoms with Gasteiger partial charge in [0.15, 0.2) is 0 Å². The molecule has 24 heavy (non-hydrogen) atoms. The van der Waals surface area contributed by atoms with Crippen molar-refractivity contribution >= 4 is 17.4 Å². The largest absolute Gasteiger partial charge is 0.366 e. The lowest BCUT2D eigenvalue weighted by molar-refractivity contribution is 0.208. The molecule has 1 heterocycles. The summed E-state index contributed by atoms with van der Waals surface area (Å²) in [7, 11) is 0. The lowest BCUT2D eigenvalue weighted by Gasteiger charge is -2.36. The summed E-state index contributed by atoms with van der Waals surface area (Å²) < 4.78 is 13.9. The molecule has 0 aromatic heterocycles. The Morgan fingerprint density at radius 2 is 1.62 bits per heavy atom. The van der Waals surface area contributed by atoms with Gasteiger partial charge in [0.05, 0.1) is 5.69 Å². The van der Waals surface area contributed by atoms with E-state index in [-0.39, 0.29) is 11.8 Å². The topological polar surface area (TPSA) is 35.6 Å². The summed E-state index contributed by atoms with van der Waals surface area (Å²) in [5.41, 5.74) is 3.66. The predicted molar refractivity (Wildman–Crippen MR) is 95.1 cm³/mol. The van der Waals surface area contributed by atoms with Crippen molar-refractivity contribution in [2.75, 3.05) is 36.4 Å². The highest BCUT2D eigenvalue weighted by molar-refractivity contribution is 5.89. The van der Waals surface area contributed by atoms with Crippen molar-refractivity contribution in [3.8, 4) is 0 Å². The van der Waals surface area contributed by atoms with Crippen LogP contribution < -0.4 is 10.2 Å². The van der Waals surface area contributed by atoms with Crippen LogP contribution in [0.3, 0.4) is 0 Å². The van der Waals surface area contributed by atoms with Crippen molar-refractivity contribution in [2.24, 2.45) is 0 Å². The zero-order chi connectivity index (χ0) is 17.1. The Morgan fingerprint density at radius 3 is 2.25 bits per heavy atom. The van der Waals surface area contributed by atoms with Gasteiger partial charge in [-0.05, 0) is 49.2 Å². The average Bonchev–Trinajstić information content (AvgIpc) is 2.54. The van der Waals surface area contributed by atoms with Crippen molar-refractivity contribution in [1.82, 2.24) is 4.90 Å². The number of hydrogen-bond donors (Lipinski definition) is 1. The zero-order valence-electron chi connectivity index (χ0n) is 14.1. The van der Waals surface area contributed by atoms with E-state index in [4.69, 9.17) is 0 Å². The van der Waals surface area contributed by atoms with Gasteiger partial charge in [-0.2, -0.15) is 0 Å². The molecular weight excluding hydrogens is 305 g/mol. The van der Waals surface area contributed by atoms with Gasteiger partial charge < -0.3 is 15.1 Å². The first-order valence-corrected chi connectivity index (χ1v) is 8.16. The molecule has 4 nitrogen and oxygen atoms in total. The minimum Gasteiger partial charge on any atom is -0.366 e. The third kappa shape index (κ3) is 3.67. The predicted octanol–water partition coefficient (Wildman–Crippen LogP) is 3.80. The highest BCUT2D eigenvalue weighted by atomic mass is 19.1. The second kappa shape index (κ2) is 6.91. The van der Waals surface area contributed by atoms with Crippen LogP contribution in [0.15, 0.2) is 42.5 Å². The lowest BCUT2D eigenvalue weighted by atomic mass is 10.1. The summed E-state index contributed by atoms with van der Waals surface area (Å²) in [6, 6.07) is 12.6. The zero-order valence-corrected chi connectivity index (χ0v) is 14.1. The third-order valence-corrected chi connectivity index (χ3v) is 4.23. The molecule has 2 aromatic carbocycles. The Hall–Kier alpha value is -2.56. The van der Waals surface area contributed by atoms with Crippen LogP contribution in [-0.2, 0) is 0 Å². The number of carbonyl (C=O) groups excluding carboxylic acids is 1. The molecule has 1 saturated heterocycles. The molecule has 0 atom stereocenters. The number of nitrogens with one attached hydrogen (secondary N) is 1. The summed E-state index contributed by atoms with van der Waals surface area (Å²) in [5.74, 6) is -0.217. The number of aryl methyl sites for hydroxylation is 2. The van der Waals surface area contributed by atoms with E-state index in [1.54, 1.807) is 17.0 Å². The van der Waals surface area contributed by atoms with Crippen molar-refractivity contribution in [3.63, 3.8) is 0 Å². The van der Waals surface area contributed by atoms with Crippen molar-refractivity contribution in [2.45, 2.75) is 13.8 Å². The Labute approximate surface area is 141 Å². The van der Waals surface area contributed by atoms with Crippen LogP contribution in [-0.4, -0.2) is 37.1 Å². The van der Waals surface area contributed by atoms with Crippen LogP contribution in [0.2, 0.25) is 0 Å². The molecule has 3 rings (SSSR count). The Balaban J connectivity index is 1.60. The van der Waals surface area contributed by atoms with Crippen LogP contribution in [0.4, 0.5) is 20.6 Å². The number of carbonyl (C=O) groups is 1. The van der Waals surface area contributed by atoms with Gasteiger partial charge in [-0.3, -0.25) is 0 Å². The number of benzene rings is 2. The summed E-state index contributed by atoms with van der Waals surface area (Å²) in [6.45, 7) is 6.42. The van der Waals surface area contributed by atoms with Crippen molar-refractivity contribution < 1.29 is 9.18 Å². The van der Waals surface area contributed by atoms with Gasteiger partial charge in [0, 0.05) is 31.9 Å². The molecule has 0 unspecified atom stereocenters. The summed E-state index contributed by atoms with van der Waals surface area (Å²) in [5, 5.41) is 2.95. The highest BCUT2D eigenvalue weighted by Gasteiger charge is 2.22. The summed E-state index contributed by atoms with van der Waals surface area (Å²) >= 11 is 0. The molecule has 2 amide bonds. The van der Waals surface area contributed by atoms with Gasteiger partial charge in [0.25, 0.3) is 0 Å². The Kier molecular flexibility index (Phi) is 4.69. The molecule has 1 aliphatic rings. The van der Waals surface area contributed by atoms with Crippen molar-refractivity contribution in [1.29, 1.82) is 0 Å². The first-order chi connectivity index (χ1) is 11.5. The SMILES string of the molecule is Cc1cc(C)cc(NC(=O)N2CCN(c3ccccc3F)CC2)c1. The van der Waals surface area contributed by atoms with Gasteiger partial charge in [0.2, 0.25) is 0 Å². The number of nitrogens with zero attached hydrogens (tertiary/aromatic N) is 2. The minimum atomic E-state index is -0.217. The van der Waals surface area contributed by atoms with E-state index in [9.17, 15) is 9.18 Å². The maximum atomic E-state index is 13.9. The molecule has 0 saturated carbocycles. The van der Waals surface area contributed by atoms with E-state index >= 15 is 0 Å². The molecule has 0 radical (unpaired) electrons. The van der Waals surface area contributed by atoms with E-state index in [0.717, 1.165) is 16.8 Å². The molecule has 126 valence electrons. The molecule has 1 aliphatic heterocycles. The smallest absolute Gasteiger partial charge is 0.321 e. The maximum Gasteiger partial charge on any atom is 0.321 e. The second-order valence-electron chi connectivity index (χ2n) is 6.23. The molecular formula is C19H22FN3O. The fraction of sp³-hybridized carbons (Fsp3) is 0.316. The highest BCUT2D eigenvalue weighted by Crippen LogP contribution is 2.20. The molecule has 0 spiro atoms. The first kappa shape index (κ1) is 16.3. The number of halogens is 1. The maximum absolute atomic E-state index is 13.9. The summed E-state index contributed by atoms with van der Waals surface area (Å²) in [4.78, 5) is 16.2. The fourth-order valence-electron chi connectivity index (χ4n) is 3.11. The van der Waals surface area contributed by atoms with Gasteiger partial charge in [-0.1, -0.05) is 18.2 Å². The number of piperazine rings is 1. The number of para-hydroxylation sites is 1. The fourth-order valence-corrected chi connectivity index (χ4v) is 3.11. The summed E-state index contributed by atoms with van der Waals surface area (Å²) in [6.07, 6.45) is 0. The van der Waals surface area contributed by atoms with Crippen LogP contribution in [0.5, 0.6) is 0 Å². The number of hydrogen-bond acceptors (Lipinski definition) is 2. The number of urea groups is 1. The van der Waals surface area contributed by atoms with E-state index in [2.05, 4.69) is 11.4 Å². The monoisotopic (exact) mass is 327 g/mol. The van der Waals surface area contributed by atoms with Gasteiger partial charge in [-0.25, -0.2) is 9.18 Å². The molecule has 1 N–H and O–H groups in total. The average molecular weight is 327 g/mol. The van der Waals surface area contributed by atoms with Crippen LogP contribution >= 0.6 is 0 Å². The van der Waals surface area contributed by atoms with Gasteiger partial charge in [0.1, 0.15) is 5.82 Å². The number of rotatable bonds is 2. The molecule has 1 fully saturated rings. The first-order valence-electron chi connectivity index (χ1n) is 8.16. The van der Waals surface area contributed by atoms with E-state index < -0.39 is 0 Å². The Morgan fingerprint density at radius 1 is 1.00 bits per heavy atom. The normalized spacial score (nSPS) is 14.6. The lowest BCUT2D eigenvalue weighted by Crippen LogP contribution is -2.50. The van der Waals surface area contributed by atoms with Crippen molar-refractivity contribution in [3.05, 3.63) is 59.4 Å². The van der Waals surface area contributed by atoms with Crippen LogP contribution in [0.25, 0.3) is 0 Å². The number of amides is 2. The molecule has 2 aromatic rings. The van der Waals surface area contributed by atoms with E-state index in [1.165, 1.54) is 6.07 Å².